The number of ether oxygens (including phenoxy) is 1. The van der Waals surface area contributed by atoms with Gasteiger partial charge in [0.15, 0.2) is 6.10 Å². The highest BCUT2D eigenvalue weighted by molar-refractivity contribution is 6.31. The second-order valence-corrected chi connectivity index (χ2v) is 4.66. The van der Waals surface area contributed by atoms with E-state index >= 15 is 0 Å². The van der Waals surface area contributed by atoms with Crippen molar-refractivity contribution in [1.29, 1.82) is 0 Å². The van der Waals surface area contributed by atoms with Gasteiger partial charge in [0.05, 0.1) is 12.8 Å². The van der Waals surface area contributed by atoms with Gasteiger partial charge < -0.3 is 14.3 Å². The zero-order valence-corrected chi connectivity index (χ0v) is 11.3. The quantitative estimate of drug-likeness (QED) is 0.803. The van der Waals surface area contributed by atoms with Gasteiger partial charge in [-0.2, -0.15) is 0 Å². The number of furan rings is 1. The van der Waals surface area contributed by atoms with Crippen LogP contribution in [0, 0.1) is 0 Å². The smallest absolute Gasteiger partial charge is 0.216 e. The Morgan fingerprint density at radius 2 is 2.10 bits per heavy atom. The van der Waals surface area contributed by atoms with Gasteiger partial charge >= 0.3 is 0 Å². The second-order valence-electron chi connectivity index (χ2n) is 4.22. The third kappa shape index (κ3) is 2.33. The highest BCUT2D eigenvalue weighted by Crippen LogP contribution is 2.29. The first-order chi connectivity index (χ1) is 9.67. The molecule has 6 heteroatoms. The van der Waals surface area contributed by atoms with Crippen LogP contribution in [0.3, 0.4) is 0 Å². The molecule has 0 bridgehead atoms. The summed E-state index contributed by atoms with van der Waals surface area (Å²) in [6, 6.07) is 8.56. The van der Waals surface area contributed by atoms with Crippen molar-refractivity contribution in [2.45, 2.75) is 6.10 Å². The summed E-state index contributed by atoms with van der Waals surface area (Å²) in [5.74, 6) is 0.774. The van der Waals surface area contributed by atoms with Crippen LogP contribution >= 0.6 is 11.6 Å². The van der Waals surface area contributed by atoms with Gasteiger partial charge in [0.25, 0.3) is 0 Å². The van der Waals surface area contributed by atoms with E-state index in [1.807, 2.05) is 0 Å². The zero-order valence-electron chi connectivity index (χ0n) is 10.6. The molecule has 102 valence electrons. The first-order valence-corrected chi connectivity index (χ1v) is 6.28. The predicted octanol–water partition coefficient (Wildman–Crippen LogP) is 2.97. The van der Waals surface area contributed by atoms with Crippen LogP contribution in [0.1, 0.15) is 17.6 Å². The minimum atomic E-state index is -0.988. The molecule has 1 aromatic carbocycles. The van der Waals surface area contributed by atoms with E-state index in [0.29, 0.717) is 27.9 Å². The Morgan fingerprint density at radius 1 is 1.25 bits per heavy atom. The van der Waals surface area contributed by atoms with Gasteiger partial charge in [-0.3, -0.25) is 0 Å². The normalized spacial score (nSPS) is 12.6. The summed E-state index contributed by atoms with van der Waals surface area (Å²) in [6.07, 6.45) is 0.342. The number of aromatic nitrogens is 2. The van der Waals surface area contributed by atoms with E-state index in [1.54, 1.807) is 30.3 Å². The standard InChI is InChI=1S/C14H11ClN2O3/c1-19-13-6-10(16-7-17-13)14(18)12-5-8-4-9(15)2-3-11(8)20-12/h2-7,14,18H,1H3. The Kier molecular flexibility index (Phi) is 3.30. The van der Waals surface area contributed by atoms with Crippen molar-refractivity contribution >= 4 is 22.6 Å². The largest absolute Gasteiger partial charge is 0.481 e. The molecule has 0 fully saturated rings. The lowest BCUT2D eigenvalue weighted by Crippen LogP contribution is -2.02. The number of rotatable bonds is 3. The van der Waals surface area contributed by atoms with E-state index in [4.69, 9.17) is 20.8 Å². The highest BCUT2D eigenvalue weighted by Gasteiger charge is 2.18. The van der Waals surface area contributed by atoms with Crippen molar-refractivity contribution in [2.75, 3.05) is 7.11 Å². The van der Waals surface area contributed by atoms with Crippen LogP contribution in [-0.2, 0) is 0 Å². The molecule has 2 aromatic heterocycles. The Hall–Kier alpha value is -2.11. The van der Waals surface area contributed by atoms with E-state index < -0.39 is 6.10 Å². The minimum Gasteiger partial charge on any atom is -0.481 e. The number of hydrogen-bond acceptors (Lipinski definition) is 5. The SMILES string of the molecule is COc1cc(C(O)c2cc3cc(Cl)ccc3o2)ncn1. The Labute approximate surface area is 119 Å². The number of methoxy groups -OCH3 is 1. The third-order valence-electron chi connectivity index (χ3n) is 2.92. The fraction of sp³-hybridized carbons (Fsp3) is 0.143. The van der Waals surface area contributed by atoms with E-state index in [1.165, 1.54) is 13.4 Å². The molecule has 1 N–H and O–H groups in total. The van der Waals surface area contributed by atoms with Gasteiger partial charge in [-0.05, 0) is 24.3 Å². The Balaban J connectivity index is 2.00. The van der Waals surface area contributed by atoms with Crippen LogP contribution in [0.4, 0.5) is 0 Å². The number of aliphatic hydroxyl groups excluding tert-OH is 1. The molecule has 0 aliphatic rings. The summed E-state index contributed by atoms with van der Waals surface area (Å²) >= 11 is 5.92. The predicted molar refractivity (Wildman–Crippen MR) is 73.9 cm³/mol. The number of aliphatic hydroxyl groups is 1. The van der Waals surface area contributed by atoms with Crippen LogP contribution in [-0.4, -0.2) is 22.2 Å². The van der Waals surface area contributed by atoms with Crippen molar-refractivity contribution in [1.82, 2.24) is 9.97 Å². The molecule has 3 rings (SSSR count). The zero-order chi connectivity index (χ0) is 14.1. The lowest BCUT2D eigenvalue weighted by atomic mass is 10.2. The van der Waals surface area contributed by atoms with E-state index in [-0.39, 0.29) is 0 Å². The van der Waals surface area contributed by atoms with Crippen LogP contribution in [0.15, 0.2) is 41.1 Å². The van der Waals surface area contributed by atoms with Gasteiger partial charge in [-0.25, -0.2) is 9.97 Å². The Bertz CT molecular complexity index is 757. The molecule has 0 saturated carbocycles. The van der Waals surface area contributed by atoms with Crippen molar-refractivity contribution in [3.8, 4) is 5.88 Å². The molecule has 20 heavy (non-hydrogen) atoms. The lowest BCUT2D eigenvalue weighted by Gasteiger charge is -2.07. The molecule has 1 unspecified atom stereocenters. The highest BCUT2D eigenvalue weighted by atomic mass is 35.5. The van der Waals surface area contributed by atoms with Crippen molar-refractivity contribution in [3.63, 3.8) is 0 Å². The Morgan fingerprint density at radius 3 is 2.90 bits per heavy atom. The van der Waals surface area contributed by atoms with Crippen LogP contribution in [0.25, 0.3) is 11.0 Å². The van der Waals surface area contributed by atoms with Crippen LogP contribution in [0.2, 0.25) is 5.02 Å². The van der Waals surface area contributed by atoms with Gasteiger partial charge in [-0.1, -0.05) is 11.6 Å². The average Bonchev–Trinajstić information content (AvgIpc) is 2.89. The fourth-order valence-electron chi connectivity index (χ4n) is 1.93. The van der Waals surface area contributed by atoms with Crippen LogP contribution in [0.5, 0.6) is 5.88 Å². The maximum Gasteiger partial charge on any atom is 0.216 e. The van der Waals surface area contributed by atoms with Gasteiger partial charge in [-0.15, -0.1) is 0 Å². The maximum absolute atomic E-state index is 10.3. The summed E-state index contributed by atoms with van der Waals surface area (Å²) in [4.78, 5) is 7.92. The second kappa shape index (κ2) is 5.11. The topological polar surface area (TPSA) is 68.4 Å². The molecule has 0 aliphatic carbocycles. The maximum atomic E-state index is 10.3. The molecule has 0 amide bonds. The number of fused-ring (bicyclic) bond motifs is 1. The monoisotopic (exact) mass is 290 g/mol. The number of hydrogen-bond donors (Lipinski definition) is 1. The van der Waals surface area contributed by atoms with Crippen molar-refractivity contribution in [3.05, 3.63) is 53.1 Å². The van der Waals surface area contributed by atoms with Crippen molar-refractivity contribution in [2.24, 2.45) is 0 Å². The summed E-state index contributed by atoms with van der Waals surface area (Å²) in [6.45, 7) is 0. The molecular formula is C14H11ClN2O3. The molecule has 0 radical (unpaired) electrons. The third-order valence-corrected chi connectivity index (χ3v) is 3.15. The van der Waals surface area contributed by atoms with Gasteiger partial charge in [0, 0.05) is 16.5 Å². The van der Waals surface area contributed by atoms with Crippen molar-refractivity contribution < 1.29 is 14.3 Å². The number of nitrogens with zero attached hydrogens (tertiary/aromatic N) is 2. The molecular weight excluding hydrogens is 280 g/mol. The summed E-state index contributed by atoms with van der Waals surface area (Å²) in [7, 11) is 1.50. The molecule has 0 spiro atoms. The first kappa shape index (κ1) is 12.9. The molecule has 0 aliphatic heterocycles. The fourth-order valence-corrected chi connectivity index (χ4v) is 2.11. The minimum absolute atomic E-state index is 0.383. The summed E-state index contributed by atoms with van der Waals surface area (Å²) in [5.41, 5.74) is 1.06. The molecule has 0 saturated heterocycles. The average molecular weight is 291 g/mol. The molecule has 2 heterocycles. The van der Waals surface area contributed by atoms with Gasteiger partial charge in [0.1, 0.15) is 17.7 Å². The van der Waals surface area contributed by atoms with E-state index in [9.17, 15) is 5.11 Å². The number of halogens is 1. The molecule has 5 nitrogen and oxygen atoms in total. The molecule has 3 aromatic rings. The van der Waals surface area contributed by atoms with Gasteiger partial charge in [0.2, 0.25) is 5.88 Å². The van der Waals surface area contributed by atoms with E-state index in [2.05, 4.69) is 9.97 Å². The first-order valence-electron chi connectivity index (χ1n) is 5.90. The van der Waals surface area contributed by atoms with E-state index in [0.717, 1.165) is 5.39 Å². The summed E-state index contributed by atoms with van der Waals surface area (Å²) < 4.78 is 10.6. The molecule has 1 atom stereocenters. The number of benzene rings is 1. The van der Waals surface area contributed by atoms with Crippen LogP contribution < -0.4 is 4.74 Å². The summed E-state index contributed by atoms with van der Waals surface area (Å²) in [5, 5.41) is 11.7. The lowest BCUT2D eigenvalue weighted by molar-refractivity contribution is 0.187.